The van der Waals surface area contributed by atoms with Crippen molar-refractivity contribution in [2.45, 2.75) is 26.8 Å². The number of hydrogen-bond acceptors (Lipinski definition) is 4. The standard InChI is InChI=1S/C29H31N3O2/c1-20-11-13-24(14-12-20)31-15-17-32(18-16-31)28(26-19-23-9-4-5-10-25(23)34-26)29(33)30-27-21(2)7-6-8-22(27)3/h4-14,19,28H,15-18H2,1-3H3,(H,30,33). The van der Waals surface area contributed by atoms with Crippen LogP contribution in [-0.2, 0) is 4.79 Å². The molecule has 1 N–H and O–H groups in total. The second kappa shape index (κ2) is 9.35. The lowest BCUT2D eigenvalue weighted by Gasteiger charge is -2.39. The Morgan fingerprint density at radius 1 is 0.853 bits per heavy atom. The Balaban J connectivity index is 1.42. The average molecular weight is 454 g/mol. The number of furan rings is 1. The second-order valence-corrected chi connectivity index (χ2v) is 9.20. The lowest BCUT2D eigenvalue weighted by Crippen LogP contribution is -2.50. The van der Waals surface area contributed by atoms with Gasteiger partial charge in [-0.05, 0) is 56.2 Å². The van der Waals surface area contributed by atoms with Crippen molar-refractivity contribution in [2.24, 2.45) is 0 Å². The van der Waals surface area contributed by atoms with Crippen LogP contribution in [0.2, 0.25) is 0 Å². The number of nitrogens with one attached hydrogen (secondary N) is 1. The van der Waals surface area contributed by atoms with Gasteiger partial charge < -0.3 is 14.6 Å². The summed E-state index contributed by atoms with van der Waals surface area (Å²) >= 11 is 0. The molecule has 1 aliphatic rings. The highest BCUT2D eigenvalue weighted by Gasteiger charge is 2.33. The Hall–Kier alpha value is -3.57. The predicted octanol–water partition coefficient (Wildman–Crippen LogP) is 5.86. The summed E-state index contributed by atoms with van der Waals surface area (Å²) < 4.78 is 6.21. The summed E-state index contributed by atoms with van der Waals surface area (Å²) in [4.78, 5) is 18.4. The molecule has 1 amide bonds. The van der Waals surface area contributed by atoms with E-state index in [0.717, 1.165) is 54.0 Å². The number of carbonyl (C=O) groups excluding carboxylic acids is 1. The molecule has 1 fully saturated rings. The molecule has 3 aromatic carbocycles. The molecule has 5 nitrogen and oxygen atoms in total. The minimum Gasteiger partial charge on any atom is -0.459 e. The minimum absolute atomic E-state index is 0.0553. The number of anilines is 2. The molecule has 1 atom stereocenters. The van der Waals surface area contributed by atoms with Gasteiger partial charge in [-0.3, -0.25) is 9.69 Å². The Morgan fingerprint density at radius 3 is 2.21 bits per heavy atom. The van der Waals surface area contributed by atoms with E-state index in [1.165, 1.54) is 11.3 Å². The third-order valence-electron chi connectivity index (χ3n) is 6.77. The van der Waals surface area contributed by atoms with Crippen LogP contribution >= 0.6 is 0 Å². The van der Waals surface area contributed by atoms with Crippen molar-refractivity contribution in [3.63, 3.8) is 0 Å². The van der Waals surface area contributed by atoms with E-state index in [4.69, 9.17) is 4.42 Å². The summed E-state index contributed by atoms with van der Waals surface area (Å²) in [7, 11) is 0. The van der Waals surface area contributed by atoms with Crippen molar-refractivity contribution in [3.05, 3.63) is 95.2 Å². The average Bonchev–Trinajstić information content (AvgIpc) is 3.26. The van der Waals surface area contributed by atoms with Gasteiger partial charge in [-0.2, -0.15) is 0 Å². The minimum atomic E-state index is -0.494. The Bertz CT molecular complexity index is 1250. The summed E-state index contributed by atoms with van der Waals surface area (Å²) in [5.41, 5.74) is 6.29. The first-order chi connectivity index (χ1) is 16.5. The van der Waals surface area contributed by atoms with E-state index in [9.17, 15) is 4.79 Å². The summed E-state index contributed by atoms with van der Waals surface area (Å²) in [6.45, 7) is 9.42. The molecule has 5 heteroatoms. The van der Waals surface area contributed by atoms with Gasteiger partial charge in [-0.1, -0.05) is 54.1 Å². The number of benzene rings is 3. The predicted molar refractivity (Wildman–Crippen MR) is 138 cm³/mol. The summed E-state index contributed by atoms with van der Waals surface area (Å²) in [5, 5.41) is 4.23. The molecule has 4 aromatic rings. The molecule has 0 spiro atoms. The number of carbonyl (C=O) groups is 1. The fourth-order valence-corrected chi connectivity index (χ4v) is 4.81. The van der Waals surface area contributed by atoms with Gasteiger partial charge in [0.25, 0.3) is 0 Å². The molecule has 0 radical (unpaired) electrons. The lowest BCUT2D eigenvalue weighted by atomic mass is 10.1. The highest BCUT2D eigenvalue weighted by Crippen LogP contribution is 2.31. The quantitative estimate of drug-likeness (QED) is 0.411. The molecule has 0 bridgehead atoms. The van der Waals surface area contributed by atoms with Crippen LogP contribution < -0.4 is 10.2 Å². The maximum absolute atomic E-state index is 13.8. The molecule has 174 valence electrons. The van der Waals surface area contributed by atoms with Crippen molar-refractivity contribution < 1.29 is 9.21 Å². The molecule has 1 aliphatic heterocycles. The van der Waals surface area contributed by atoms with E-state index >= 15 is 0 Å². The van der Waals surface area contributed by atoms with Crippen molar-refractivity contribution in [1.82, 2.24) is 4.90 Å². The van der Waals surface area contributed by atoms with Gasteiger partial charge in [-0.25, -0.2) is 0 Å². The molecule has 34 heavy (non-hydrogen) atoms. The fourth-order valence-electron chi connectivity index (χ4n) is 4.81. The summed E-state index contributed by atoms with van der Waals surface area (Å²) in [6, 6.07) is 24.2. The molecule has 0 aliphatic carbocycles. The first-order valence-corrected chi connectivity index (χ1v) is 11.9. The van der Waals surface area contributed by atoms with Crippen LogP contribution in [0, 0.1) is 20.8 Å². The van der Waals surface area contributed by atoms with Gasteiger partial charge in [0.2, 0.25) is 5.91 Å². The number of nitrogens with zero attached hydrogens (tertiary/aromatic N) is 2. The number of aryl methyl sites for hydroxylation is 3. The molecular weight excluding hydrogens is 422 g/mol. The van der Waals surface area contributed by atoms with Crippen LogP contribution in [0.4, 0.5) is 11.4 Å². The van der Waals surface area contributed by atoms with Crippen LogP contribution in [0.15, 0.2) is 77.2 Å². The monoisotopic (exact) mass is 453 g/mol. The number of para-hydroxylation sites is 2. The molecular formula is C29H31N3O2. The number of amides is 1. The number of fused-ring (bicyclic) bond motifs is 1. The first kappa shape index (κ1) is 22.2. The zero-order valence-corrected chi connectivity index (χ0v) is 20.0. The number of rotatable bonds is 5. The van der Waals surface area contributed by atoms with E-state index in [-0.39, 0.29) is 5.91 Å². The van der Waals surface area contributed by atoms with Gasteiger partial charge in [0.15, 0.2) is 0 Å². The SMILES string of the molecule is Cc1ccc(N2CCN(C(C(=O)Nc3c(C)cccc3C)c3cc4ccccc4o3)CC2)cc1. The largest absolute Gasteiger partial charge is 0.459 e. The van der Waals surface area contributed by atoms with Crippen molar-refractivity contribution in [1.29, 1.82) is 0 Å². The van der Waals surface area contributed by atoms with E-state index in [1.54, 1.807) is 0 Å². The summed E-state index contributed by atoms with van der Waals surface area (Å²) in [5.74, 6) is 0.633. The van der Waals surface area contributed by atoms with Gasteiger partial charge >= 0.3 is 0 Å². The highest BCUT2D eigenvalue weighted by molar-refractivity contribution is 5.97. The molecule has 1 aromatic heterocycles. The fraction of sp³-hybridized carbons (Fsp3) is 0.276. The summed E-state index contributed by atoms with van der Waals surface area (Å²) in [6.07, 6.45) is 0. The molecule has 1 unspecified atom stereocenters. The smallest absolute Gasteiger partial charge is 0.249 e. The lowest BCUT2D eigenvalue weighted by molar-refractivity contribution is -0.122. The van der Waals surface area contributed by atoms with E-state index in [0.29, 0.717) is 5.76 Å². The normalized spacial score (nSPS) is 15.4. The maximum atomic E-state index is 13.8. The van der Waals surface area contributed by atoms with Crippen LogP contribution in [-0.4, -0.2) is 37.0 Å². The number of piperazine rings is 1. The zero-order valence-electron chi connectivity index (χ0n) is 20.0. The van der Waals surface area contributed by atoms with E-state index in [2.05, 4.69) is 46.3 Å². The van der Waals surface area contributed by atoms with Gasteiger partial charge in [-0.15, -0.1) is 0 Å². The third-order valence-corrected chi connectivity index (χ3v) is 6.77. The molecule has 0 saturated carbocycles. The Morgan fingerprint density at radius 2 is 1.53 bits per heavy atom. The Kier molecular flexibility index (Phi) is 6.12. The molecule has 5 rings (SSSR count). The van der Waals surface area contributed by atoms with Crippen LogP contribution in [0.5, 0.6) is 0 Å². The van der Waals surface area contributed by atoms with Crippen molar-refractivity contribution in [2.75, 3.05) is 36.4 Å². The van der Waals surface area contributed by atoms with Crippen LogP contribution in [0.1, 0.15) is 28.5 Å². The molecule has 2 heterocycles. The van der Waals surface area contributed by atoms with E-state index < -0.39 is 6.04 Å². The van der Waals surface area contributed by atoms with E-state index in [1.807, 2.05) is 62.4 Å². The van der Waals surface area contributed by atoms with Crippen LogP contribution in [0.25, 0.3) is 11.0 Å². The third kappa shape index (κ3) is 4.44. The second-order valence-electron chi connectivity index (χ2n) is 9.20. The first-order valence-electron chi connectivity index (χ1n) is 11.9. The number of hydrogen-bond donors (Lipinski definition) is 1. The van der Waals surface area contributed by atoms with Gasteiger partial charge in [0.05, 0.1) is 0 Å². The zero-order chi connectivity index (χ0) is 23.7. The van der Waals surface area contributed by atoms with Gasteiger partial charge in [0, 0.05) is 42.9 Å². The van der Waals surface area contributed by atoms with Crippen molar-refractivity contribution >= 4 is 28.3 Å². The Labute approximate surface area is 201 Å². The topological polar surface area (TPSA) is 48.7 Å². The highest BCUT2D eigenvalue weighted by atomic mass is 16.3. The molecule has 1 saturated heterocycles. The maximum Gasteiger partial charge on any atom is 0.249 e. The van der Waals surface area contributed by atoms with Crippen LogP contribution in [0.3, 0.4) is 0 Å². The van der Waals surface area contributed by atoms with Crippen molar-refractivity contribution in [3.8, 4) is 0 Å². The van der Waals surface area contributed by atoms with Gasteiger partial charge in [0.1, 0.15) is 17.4 Å².